The van der Waals surface area contributed by atoms with Crippen LogP contribution < -0.4 is 5.90 Å². The lowest BCUT2D eigenvalue weighted by Crippen LogP contribution is -2.19. The van der Waals surface area contributed by atoms with E-state index in [1.165, 1.54) is 0 Å². The molecule has 2 atom stereocenters. The van der Waals surface area contributed by atoms with Gasteiger partial charge >= 0.3 is 0 Å². The highest BCUT2D eigenvalue weighted by Gasteiger charge is 2.21. The zero-order valence-electron chi connectivity index (χ0n) is 8.37. The van der Waals surface area contributed by atoms with E-state index in [1.807, 2.05) is 0 Å². The number of nitrogens with two attached hydrogens (primary N) is 1. The highest BCUT2D eigenvalue weighted by molar-refractivity contribution is 6.36. The molecular formula is C10H12Cl3NO2. The molecule has 0 saturated carbocycles. The Labute approximate surface area is 109 Å². The maximum absolute atomic E-state index is 9.45. The summed E-state index contributed by atoms with van der Waals surface area (Å²) in [5, 5.41) is 10.3. The fraction of sp³-hybridized carbons (Fsp3) is 0.400. The molecular weight excluding hydrogens is 272 g/mol. The summed E-state index contributed by atoms with van der Waals surface area (Å²) in [5.74, 6) is 5.27. The van der Waals surface area contributed by atoms with Crippen LogP contribution in [0.1, 0.15) is 18.1 Å². The summed E-state index contributed by atoms with van der Waals surface area (Å²) in [6.07, 6.45) is -1.05. The highest BCUT2D eigenvalue weighted by Crippen LogP contribution is 2.34. The maximum atomic E-state index is 9.45. The van der Waals surface area contributed by atoms with Gasteiger partial charge in [0.1, 0.15) is 6.10 Å². The van der Waals surface area contributed by atoms with E-state index < -0.39 is 12.2 Å². The highest BCUT2D eigenvalue weighted by atomic mass is 35.5. The third-order valence-electron chi connectivity index (χ3n) is 2.15. The lowest BCUT2D eigenvalue weighted by atomic mass is 10.0. The Bertz CT molecular complexity index is 329. The first-order chi connectivity index (χ1) is 7.60. The van der Waals surface area contributed by atoms with Crippen molar-refractivity contribution in [3.05, 3.63) is 33.8 Å². The Morgan fingerprint density at radius 3 is 2.31 bits per heavy atom. The summed E-state index contributed by atoms with van der Waals surface area (Å²) in [7, 11) is 0. The Hall–Kier alpha value is -0.0300. The normalized spacial score (nSPS) is 14.8. The third-order valence-corrected chi connectivity index (χ3v) is 3.17. The minimum absolute atomic E-state index is 0.0991. The van der Waals surface area contributed by atoms with E-state index in [0.29, 0.717) is 15.6 Å². The molecule has 0 bridgehead atoms. The minimum atomic E-state index is -0.720. The zero-order chi connectivity index (χ0) is 12.1. The monoisotopic (exact) mass is 283 g/mol. The van der Waals surface area contributed by atoms with Crippen LogP contribution in [0.4, 0.5) is 0 Å². The van der Waals surface area contributed by atoms with Crippen LogP contribution in [0, 0.1) is 0 Å². The molecule has 1 rings (SSSR count). The van der Waals surface area contributed by atoms with Gasteiger partial charge < -0.3 is 5.11 Å². The van der Waals surface area contributed by atoms with Gasteiger partial charge in [-0.3, -0.25) is 4.84 Å². The SMILES string of the molecule is NOC(CC(O)CCl)c1c(Cl)cccc1Cl. The number of hydrogen-bond donors (Lipinski definition) is 2. The number of hydrogen-bond acceptors (Lipinski definition) is 3. The molecule has 0 saturated heterocycles. The van der Waals surface area contributed by atoms with Crippen LogP contribution in [0.15, 0.2) is 18.2 Å². The first-order valence-corrected chi connectivity index (χ1v) is 5.92. The molecule has 0 aliphatic rings. The second-order valence-electron chi connectivity index (χ2n) is 3.30. The van der Waals surface area contributed by atoms with Crippen molar-refractivity contribution in [3.63, 3.8) is 0 Å². The van der Waals surface area contributed by atoms with Crippen LogP contribution in [0.5, 0.6) is 0 Å². The van der Waals surface area contributed by atoms with E-state index in [1.54, 1.807) is 18.2 Å². The molecule has 0 heterocycles. The van der Waals surface area contributed by atoms with Gasteiger partial charge in [-0.2, -0.15) is 0 Å². The van der Waals surface area contributed by atoms with Crippen molar-refractivity contribution in [1.82, 2.24) is 0 Å². The van der Waals surface area contributed by atoms with Gasteiger partial charge in [0, 0.05) is 27.9 Å². The third kappa shape index (κ3) is 3.48. The van der Waals surface area contributed by atoms with Gasteiger partial charge in [0.25, 0.3) is 0 Å². The largest absolute Gasteiger partial charge is 0.392 e. The van der Waals surface area contributed by atoms with Gasteiger partial charge in [-0.1, -0.05) is 29.3 Å². The molecule has 2 unspecified atom stereocenters. The summed E-state index contributed by atoms with van der Waals surface area (Å²) in [6.45, 7) is 0. The number of halogens is 3. The standard InChI is InChI=1S/C10H12Cl3NO2/c11-5-6(15)4-9(16-14)10-7(12)2-1-3-8(10)13/h1-3,6,9,15H,4-5,14H2. The molecule has 0 aromatic heterocycles. The molecule has 90 valence electrons. The Morgan fingerprint density at radius 2 is 1.88 bits per heavy atom. The van der Waals surface area contributed by atoms with Gasteiger partial charge in [0.05, 0.1) is 6.10 Å². The quantitative estimate of drug-likeness (QED) is 0.646. The van der Waals surface area contributed by atoms with Crippen LogP contribution in [0.3, 0.4) is 0 Å². The Kier molecular flexibility index (Phi) is 5.83. The van der Waals surface area contributed by atoms with E-state index in [4.69, 9.17) is 45.5 Å². The predicted molar refractivity (Wildman–Crippen MR) is 65.8 cm³/mol. The number of alkyl halides is 1. The molecule has 1 aromatic rings. The van der Waals surface area contributed by atoms with Crippen LogP contribution in [0.25, 0.3) is 0 Å². The number of aliphatic hydroxyl groups is 1. The van der Waals surface area contributed by atoms with E-state index in [9.17, 15) is 5.11 Å². The average molecular weight is 285 g/mol. The molecule has 0 amide bonds. The molecule has 1 aromatic carbocycles. The van der Waals surface area contributed by atoms with Gasteiger partial charge in [-0.05, 0) is 12.1 Å². The van der Waals surface area contributed by atoms with E-state index in [0.717, 1.165) is 0 Å². The topological polar surface area (TPSA) is 55.5 Å². The number of benzene rings is 1. The molecule has 0 aliphatic carbocycles. The molecule has 0 fully saturated rings. The van der Waals surface area contributed by atoms with Crippen molar-refractivity contribution in [2.45, 2.75) is 18.6 Å². The zero-order valence-corrected chi connectivity index (χ0v) is 10.6. The van der Waals surface area contributed by atoms with Gasteiger partial charge in [0.2, 0.25) is 0 Å². The molecule has 0 aliphatic heterocycles. The second kappa shape index (κ2) is 6.64. The van der Waals surface area contributed by atoms with Gasteiger partial charge in [-0.15, -0.1) is 11.6 Å². The molecule has 0 spiro atoms. The van der Waals surface area contributed by atoms with Crippen LogP contribution >= 0.6 is 34.8 Å². The lowest BCUT2D eigenvalue weighted by molar-refractivity contribution is 0.0167. The molecule has 16 heavy (non-hydrogen) atoms. The van der Waals surface area contributed by atoms with E-state index in [2.05, 4.69) is 0 Å². The molecule has 3 nitrogen and oxygen atoms in total. The number of rotatable bonds is 5. The summed E-state index contributed by atoms with van der Waals surface area (Å²) >= 11 is 17.5. The number of aliphatic hydroxyl groups excluding tert-OH is 1. The van der Waals surface area contributed by atoms with Gasteiger partial charge in [-0.25, -0.2) is 5.90 Å². The molecule has 0 radical (unpaired) electrons. The van der Waals surface area contributed by atoms with Crippen molar-refractivity contribution in [3.8, 4) is 0 Å². The van der Waals surface area contributed by atoms with E-state index in [-0.39, 0.29) is 12.3 Å². The van der Waals surface area contributed by atoms with Crippen molar-refractivity contribution in [2.75, 3.05) is 5.88 Å². The summed E-state index contributed by atoms with van der Waals surface area (Å²) in [4.78, 5) is 4.78. The second-order valence-corrected chi connectivity index (χ2v) is 4.43. The summed E-state index contributed by atoms with van der Waals surface area (Å²) < 4.78 is 0. The lowest BCUT2D eigenvalue weighted by Gasteiger charge is -2.19. The first-order valence-electron chi connectivity index (χ1n) is 4.63. The fourth-order valence-electron chi connectivity index (χ4n) is 1.37. The van der Waals surface area contributed by atoms with E-state index >= 15 is 0 Å². The Balaban J connectivity index is 2.94. The summed E-state index contributed by atoms with van der Waals surface area (Å²) in [5.41, 5.74) is 0.567. The first kappa shape index (κ1) is 14.0. The molecule has 3 N–H and O–H groups in total. The predicted octanol–water partition coefficient (Wildman–Crippen LogP) is 2.91. The van der Waals surface area contributed by atoms with Gasteiger partial charge in [0.15, 0.2) is 0 Å². The summed E-state index contributed by atoms with van der Waals surface area (Å²) in [6, 6.07) is 5.09. The Morgan fingerprint density at radius 1 is 1.31 bits per heavy atom. The minimum Gasteiger partial charge on any atom is -0.392 e. The van der Waals surface area contributed by atoms with Crippen molar-refractivity contribution < 1.29 is 9.94 Å². The van der Waals surface area contributed by atoms with Crippen LogP contribution in [0.2, 0.25) is 10.0 Å². The molecule has 6 heteroatoms. The van der Waals surface area contributed by atoms with Crippen molar-refractivity contribution in [1.29, 1.82) is 0 Å². The average Bonchev–Trinajstić information content (AvgIpc) is 2.27. The van der Waals surface area contributed by atoms with Crippen LogP contribution in [-0.2, 0) is 4.84 Å². The maximum Gasteiger partial charge on any atom is 0.109 e. The van der Waals surface area contributed by atoms with Crippen molar-refractivity contribution in [2.24, 2.45) is 5.90 Å². The van der Waals surface area contributed by atoms with Crippen LogP contribution in [-0.4, -0.2) is 17.1 Å². The smallest absolute Gasteiger partial charge is 0.109 e. The fourth-order valence-corrected chi connectivity index (χ4v) is 2.14. The van der Waals surface area contributed by atoms with Crippen molar-refractivity contribution >= 4 is 34.8 Å².